The van der Waals surface area contributed by atoms with Crippen LogP contribution in [0.1, 0.15) is 11.3 Å². The van der Waals surface area contributed by atoms with Gasteiger partial charge in [0.1, 0.15) is 0 Å². The number of nitrogens with zero attached hydrogens (tertiary/aromatic N) is 5. The van der Waals surface area contributed by atoms with Crippen LogP contribution in [0.25, 0.3) is 11.0 Å². The van der Waals surface area contributed by atoms with Crippen LogP contribution in [0.3, 0.4) is 0 Å². The molecule has 0 spiro atoms. The van der Waals surface area contributed by atoms with Gasteiger partial charge in [0.2, 0.25) is 0 Å². The largest absolute Gasteiger partial charge is 0.378 e. The summed E-state index contributed by atoms with van der Waals surface area (Å²) in [5.41, 5.74) is 2.74. The molecule has 3 rings (SSSR count). The van der Waals surface area contributed by atoms with E-state index in [2.05, 4.69) is 25.5 Å². The van der Waals surface area contributed by atoms with Gasteiger partial charge in [0.05, 0.1) is 31.7 Å². The van der Waals surface area contributed by atoms with Gasteiger partial charge in [0, 0.05) is 5.69 Å². The molecule has 0 saturated carbocycles. The zero-order valence-electron chi connectivity index (χ0n) is 11.1. The lowest BCUT2D eigenvalue weighted by Crippen LogP contribution is -2.31. The summed E-state index contributed by atoms with van der Waals surface area (Å²) in [7, 11) is 0. The van der Waals surface area contributed by atoms with Gasteiger partial charge in [-0.1, -0.05) is 5.22 Å². The molecule has 19 heavy (non-hydrogen) atoms. The maximum atomic E-state index is 5.27. The number of hydrogen-bond donors (Lipinski definition) is 1. The Hall–Kier alpha value is -2.02. The Bertz CT molecular complexity index is 614. The predicted molar refractivity (Wildman–Crippen MR) is 70.3 cm³/mol. The molecule has 1 fully saturated rings. The normalized spacial score (nSPS) is 16.6. The summed E-state index contributed by atoms with van der Waals surface area (Å²) >= 11 is 0. The molecule has 0 radical (unpaired) electrons. The van der Waals surface area contributed by atoms with E-state index < -0.39 is 0 Å². The van der Waals surface area contributed by atoms with Gasteiger partial charge in [-0.15, -0.1) is 5.11 Å². The Balaban J connectivity index is 1.90. The first-order valence-electron chi connectivity index (χ1n) is 6.31. The minimum absolute atomic E-state index is 0.659. The van der Waals surface area contributed by atoms with Crippen LogP contribution < -0.4 is 0 Å². The number of rotatable bonds is 2. The predicted octanol–water partition coefficient (Wildman–Crippen LogP) is 1.91. The Labute approximate surface area is 110 Å². The summed E-state index contributed by atoms with van der Waals surface area (Å²) in [6.45, 7) is 6.92. The molecule has 2 aromatic rings. The maximum Gasteiger partial charge on any atom is 0.183 e. The van der Waals surface area contributed by atoms with E-state index in [4.69, 9.17) is 4.74 Å². The lowest BCUT2D eigenvalue weighted by atomic mass is 10.2. The van der Waals surface area contributed by atoms with Gasteiger partial charge in [-0.2, -0.15) is 5.10 Å². The first-order chi connectivity index (χ1) is 9.24. The second-order valence-corrected chi connectivity index (χ2v) is 4.61. The number of hydrogen-bond acceptors (Lipinski definition) is 5. The molecule has 100 valence electrons. The van der Waals surface area contributed by atoms with Crippen molar-refractivity contribution in [2.24, 2.45) is 10.3 Å². The van der Waals surface area contributed by atoms with Crippen molar-refractivity contribution in [1.29, 1.82) is 0 Å². The Morgan fingerprint density at radius 2 is 2.11 bits per heavy atom. The van der Waals surface area contributed by atoms with Gasteiger partial charge in [-0.05, 0) is 25.5 Å². The van der Waals surface area contributed by atoms with Crippen LogP contribution in [0.2, 0.25) is 0 Å². The van der Waals surface area contributed by atoms with E-state index in [1.165, 1.54) is 0 Å². The van der Waals surface area contributed by atoms with E-state index in [1.54, 1.807) is 0 Å². The number of nitrogens with one attached hydrogen (secondary N) is 1. The number of aromatic nitrogens is 3. The smallest absolute Gasteiger partial charge is 0.183 e. The number of morpholine rings is 1. The summed E-state index contributed by atoms with van der Waals surface area (Å²) in [5, 5.41) is 18.4. The molecular formula is C12H16N6O. The van der Waals surface area contributed by atoms with Crippen LogP contribution in [0.15, 0.2) is 16.4 Å². The molecule has 0 bridgehead atoms. The topological polar surface area (TPSA) is 78.8 Å². The second kappa shape index (κ2) is 4.93. The fourth-order valence-corrected chi connectivity index (χ4v) is 2.18. The molecule has 0 atom stereocenters. The van der Waals surface area contributed by atoms with Crippen molar-refractivity contribution in [1.82, 2.24) is 20.2 Å². The van der Waals surface area contributed by atoms with E-state index in [9.17, 15) is 0 Å². The molecule has 7 nitrogen and oxygen atoms in total. The Morgan fingerprint density at radius 1 is 1.32 bits per heavy atom. The number of pyridine rings is 1. The average molecular weight is 260 g/mol. The van der Waals surface area contributed by atoms with Crippen LogP contribution in [0.4, 0.5) is 5.82 Å². The summed E-state index contributed by atoms with van der Waals surface area (Å²) < 4.78 is 5.27. The third kappa shape index (κ3) is 2.41. The third-order valence-corrected chi connectivity index (χ3v) is 3.09. The maximum absolute atomic E-state index is 5.27. The van der Waals surface area contributed by atoms with Crippen molar-refractivity contribution in [3.63, 3.8) is 0 Å². The highest BCUT2D eigenvalue weighted by Crippen LogP contribution is 2.26. The van der Waals surface area contributed by atoms with E-state index in [0.29, 0.717) is 24.7 Å². The van der Waals surface area contributed by atoms with Crippen molar-refractivity contribution in [3.05, 3.63) is 17.3 Å². The first kappa shape index (κ1) is 12.0. The lowest BCUT2D eigenvalue weighted by Gasteiger charge is -2.22. The van der Waals surface area contributed by atoms with Gasteiger partial charge < -0.3 is 4.74 Å². The molecule has 0 aliphatic carbocycles. The molecule has 1 N–H and O–H groups in total. The molecule has 0 unspecified atom stereocenters. The van der Waals surface area contributed by atoms with E-state index in [1.807, 2.05) is 24.9 Å². The highest BCUT2D eigenvalue weighted by atomic mass is 16.5. The molecule has 1 aliphatic rings. The van der Waals surface area contributed by atoms with Crippen molar-refractivity contribution in [3.8, 4) is 0 Å². The highest BCUT2D eigenvalue weighted by Gasteiger charge is 2.11. The monoisotopic (exact) mass is 260 g/mol. The molecule has 1 aliphatic heterocycles. The molecule has 3 heterocycles. The number of ether oxygens (including phenoxy) is 1. The van der Waals surface area contributed by atoms with E-state index in [0.717, 1.165) is 29.7 Å². The van der Waals surface area contributed by atoms with Crippen LogP contribution >= 0.6 is 0 Å². The average Bonchev–Trinajstić information content (AvgIpc) is 2.81. The molecule has 0 amide bonds. The van der Waals surface area contributed by atoms with Crippen LogP contribution in [0, 0.1) is 13.8 Å². The van der Waals surface area contributed by atoms with Crippen LogP contribution in [0.5, 0.6) is 0 Å². The van der Waals surface area contributed by atoms with Crippen LogP contribution in [-0.2, 0) is 4.74 Å². The second-order valence-electron chi connectivity index (χ2n) is 4.61. The summed E-state index contributed by atoms with van der Waals surface area (Å²) in [4.78, 5) is 4.37. The minimum Gasteiger partial charge on any atom is -0.378 e. The van der Waals surface area contributed by atoms with Crippen molar-refractivity contribution in [2.45, 2.75) is 13.8 Å². The first-order valence-corrected chi connectivity index (χ1v) is 6.31. The summed E-state index contributed by atoms with van der Waals surface area (Å²) in [5.74, 6) is 0.659. The summed E-state index contributed by atoms with van der Waals surface area (Å²) in [6.07, 6.45) is 0. The van der Waals surface area contributed by atoms with Gasteiger partial charge >= 0.3 is 0 Å². The SMILES string of the molecule is Cc1cc(C)c2c(/N=N/N3CCOCC3)[nH]nc2n1. The zero-order chi connectivity index (χ0) is 13.2. The Morgan fingerprint density at radius 3 is 2.89 bits per heavy atom. The quantitative estimate of drug-likeness (QED) is 0.836. The van der Waals surface area contributed by atoms with Gasteiger partial charge in [0.25, 0.3) is 0 Å². The van der Waals surface area contributed by atoms with Crippen LogP contribution in [-0.4, -0.2) is 46.5 Å². The summed E-state index contributed by atoms with van der Waals surface area (Å²) in [6, 6.07) is 2.02. The molecule has 2 aromatic heterocycles. The fraction of sp³-hybridized carbons (Fsp3) is 0.500. The lowest BCUT2D eigenvalue weighted by molar-refractivity contribution is 0.0353. The number of aromatic amines is 1. The third-order valence-electron chi connectivity index (χ3n) is 3.09. The van der Waals surface area contributed by atoms with Gasteiger partial charge in [0.15, 0.2) is 11.5 Å². The van der Waals surface area contributed by atoms with E-state index >= 15 is 0 Å². The molecule has 0 aromatic carbocycles. The minimum atomic E-state index is 0.659. The number of aryl methyl sites for hydroxylation is 2. The van der Waals surface area contributed by atoms with Gasteiger partial charge in [-0.3, -0.25) is 10.1 Å². The van der Waals surface area contributed by atoms with Gasteiger partial charge in [-0.25, -0.2) is 4.98 Å². The number of H-pyrrole nitrogens is 1. The number of fused-ring (bicyclic) bond motifs is 1. The van der Waals surface area contributed by atoms with Crippen molar-refractivity contribution in [2.75, 3.05) is 26.3 Å². The van der Waals surface area contributed by atoms with Crippen molar-refractivity contribution >= 4 is 16.9 Å². The molecular weight excluding hydrogens is 244 g/mol. The highest BCUT2D eigenvalue weighted by molar-refractivity contribution is 5.88. The zero-order valence-corrected chi connectivity index (χ0v) is 11.1. The fourth-order valence-electron chi connectivity index (χ4n) is 2.18. The van der Waals surface area contributed by atoms with Crippen molar-refractivity contribution < 1.29 is 4.74 Å². The Kier molecular flexibility index (Phi) is 3.12. The van der Waals surface area contributed by atoms with E-state index in [-0.39, 0.29) is 0 Å². The molecule has 1 saturated heterocycles. The molecule has 7 heteroatoms. The standard InChI is InChI=1S/C12H16N6O/c1-8-7-9(2)13-11-10(8)12(15-14-11)16-17-18-3-5-19-6-4-18/h7H,3-6H2,1-2H3,(H,13,14,15)/b17-16+.